The van der Waals surface area contributed by atoms with Crippen molar-refractivity contribution >= 4 is 16.8 Å². The van der Waals surface area contributed by atoms with Gasteiger partial charge < -0.3 is 9.88 Å². The van der Waals surface area contributed by atoms with E-state index in [4.69, 9.17) is 0 Å². The summed E-state index contributed by atoms with van der Waals surface area (Å²) in [6.07, 6.45) is 3.21. The Bertz CT molecular complexity index is 1220. The first-order valence-electron chi connectivity index (χ1n) is 12.5. The van der Waals surface area contributed by atoms with Crippen molar-refractivity contribution in [1.29, 1.82) is 0 Å². The van der Waals surface area contributed by atoms with Gasteiger partial charge in [-0.15, -0.1) is 0 Å². The summed E-state index contributed by atoms with van der Waals surface area (Å²) in [5.41, 5.74) is 7.41. The molecular formula is C30H33N3O. The number of aromatic nitrogens is 1. The van der Waals surface area contributed by atoms with Crippen LogP contribution in [0.4, 0.5) is 0 Å². The number of aryl methyl sites for hydroxylation is 1. The van der Waals surface area contributed by atoms with Crippen LogP contribution >= 0.6 is 0 Å². The van der Waals surface area contributed by atoms with Gasteiger partial charge in [0, 0.05) is 48.3 Å². The number of carbonyl (C=O) groups is 1. The molecule has 0 bridgehead atoms. The number of hydrogen-bond acceptors (Lipinski definition) is 2. The van der Waals surface area contributed by atoms with Crippen molar-refractivity contribution in [2.75, 3.05) is 19.6 Å². The average Bonchev–Trinajstić information content (AvgIpc) is 3.22. The van der Waals surface area contributed by atoms with Crippen LogP contribution in [0.1, 0.15) is 41.4 Å². The number of benzene rings is 3. The van der Waals surface area contributed by atoms with E-state index < -0.39 is 0 Å². The molecule has 5 rings (SSSR count). The van der Waals surface area contributed by atoms with Gasteiger partial charge in [-0.1, -0.05) is 60.7 Å². The van der Waals surface area contributed by atoms with Crippen LogP contribution in [0.5, 0.6) is 0 Å². The second kappa shape index (κ2) is 10.3. The van der Waals surface area contributed by atoms with Crippen LogP contribution in [0.3, 0.4) is 0 Å². The van der Waals surface area contributed by atoms with Gasteiger partial charge in [0.25, 0.3) is 5.91 Å². The molecular weight excluding hydrogens is 418 g/mol. The van der Waals surface area contributed by atoms with Crippen molar-refractivity contribution in [1.82, 2.24) is 14.8 Å². The molecule has 4 heteroatoms. The van der Waals surface area contributed by atoms with Crippen LogP contribution in [0.15, 0.2) is 78.9 Å². The molecule has 1 amide bonds. The number of carbonyl (C=O) groups excluding carboxylic acids is 1. The summed E-state index contributed by atoms with van der Waals surface area (Å²) in [6, 6.07) is 26.9. The summed E-state index contributed by atoms with van der Waals surface area (Å²) in [4.78, 5) is 15.1. The standard InChI is InChI=1S/C30H33N3O/c1-2-33-28-13-7-6-12-26(28)27-18-21-32(22-29(27)33)20-9-8-19-31-30(34)25-16-14-24(15-17-25)23-10-4-3-5-11-23/h3-7,10-17H,2,8-9,18-22H2,1H3,(H,31,34). The summed E-state index contributed by atoms with van der Waals surface area (Å²) in [5, 5.41) is 4.52. The number of fused-ring (bicyclic) bond motifs is 3. The van der Waals surface area contributed by atoms with Gasteiger partial charge >= 0.3 is 0 Å². The van der Waals surface area contributed by atoms with E-state index in [0.29, 0.717) is 6.54 Å². The highest BCUT2D eigenvalue weighted by molar-refractivity contribution is 5.94. The van der Waals surface area contributed by atoms with Crippen LogP contribution in [-0.2, 0) is 19.5 Å². The van der Waals surface area contributed by atoms with Crippen LogP contribution in [-0.4, -0.2) is 35.0 Å². The van der Waals surface area contributed by atoms with Crippen molar-refractivity contribution in [3.63, 3.8) is 0 Å². The fourth-order valence-corrected chi connectivity index (χ4v) is 5.21. The van der Waals surface area contributed by atoms with E-state index in [0.717, 1.165) is 56.6 Å². The predicted molar refractivity (Wildman–Crippen MR) is 140 cm³/mol. The number of nitrogens with one attached hydrogen (secondary N) is 1. The first-order chi connectivity index (χ1) is 16.7. The molecule has 1 N–H and O–H groups in total. The van der Waals surface area contributed by atoms with Crippen LogP contribution in [0, 0.1) is 0 Å². The van der Waals surface area contributed by atoms with E-state index in [-0.39, 0.29) is 5.91 Å². The number of unbranched alkanes of at least 4 members (excludes halogenated alkanes) is 1. The second-order valence-electron chi connectivity index (χ2n) is 9.12. The fraction of sp³-hybridized carbons (Fsp3) is 0.300. The van der Waals surface area contributed by atoms with E-state index in [1.807, 2.05) is 42.5 Å². The van der Waals surface area contributed by atoms with Gasteiger partial charge in [0.2, 0.25) is 0 Å². The monoisotopic (exact) mass is 451 g/mol. The maximum Gasteiger partial charge on any atom is 0.251 e. The van der Waals surface area contributed by atoms with Crippen LogP contribution in [0.25, 0.3) is 22.0 Å². The molecule has 2 heterocycles. The van der Waals surface area contributed by atoms with Crippen molar-refractivity contribution in [2.45, 2.75) is 39.3 Å². The number of para-hydroxylation sites is 1. The summed E-state index contributed by atoms with van der Waals surface area (Å²) in [6.45, 7) is 7.19. The third-order valence-corrected chi connectivity index (χ3v) is 7.00. The topological polar surface area (TPSA) is 37.3 Å². The molecule has 1 aliphatic rings. The molecule has 4 nitrogen and oxygen atoms in total. The highest BCUT2D eigenvalue weighted by Gasteiger charge is 2.22. The molecule has 0 radical (unpaired) electrons. The molecule has 174 valence electrons. The Hall–Kier alpha value is -3.37. The van der Waals surface area contributed by atoms with Crippen molar-refractivity contribution in [3.05, 3.63) is 95.7 Å². The molecule has 1 aliphatic heterocycles. The molecule has 0 saturated carbocycles. The lowest BCUT2D eigenvalue weighted by Crippen LogP contribution is -2.33. The van der Waals surface area contributed by atoms with Gasteiger partial charge in [0.1, 0.15) is 0 Å². The van der Waals surface area contributed by atoms with Crippen LogP contribution in [0.2, 0.25) is 0 Å². The van der Waals surface area contributed by atoms with E-state index in [1.165, 1.54) is 22.2 Å². The number of amides is 1. The van der Waals surface area contributed by atoms with Gasteiger partial charge in [-0.3, -0.25) is 9.69 Å². The molecule has 34 heavy (non-hydrogen) atoms. The molecule has 0 spiro atoms. The van der Waals surface area contributed by atoms with Gasteiger partial charge in [-0.05, 0) is 67.6 Å². The smallest absolute Gasteiger partial charge is 0.251 e. The average molecular weight is 452 g/mol. The van der Waals surface area contributed by atoms with Gasteiger partial charge in [-0.25, -0.2) is 0 Å². The fourth-order valence-electron chi connectivity index (χ4n) is 5.21. The first kappa shape index (κ1) is 22.4. The summed E-state index contributed by atoms with van der Waals surface area (Å²) >= 11 is 0. The SMILES string of the molecule is CCn1c2c(c3ccccc31)CCN(CCCCNC(=O)c1ccc(-c3ccccc3)cc1)C2. The normalized spacial score (nSPS) is 13.7. The molecule has 1 aromatic heterocycles. The molecule has 3 aromatic carbocycles. The second-order valence-corrected chi connectivity index (χ2v) is 9.12. The van der Waals surface area contributed by atoms with Crippen molar-refractivity contribution in [3.8, 4) is 11.1 Å². The summed E-state index contributed by atoms with van der Waals surface area (Å²) < 4.78 is 2.49. The van der Waals surface area contributed by atoms with Crippen molar-refractivity contribution in [2.24, 2.45) is 0 Å². The number of rotatable bonds is 8. The zero-order valence-corrected chi connectivity index (χ0v) is 20.0. The summed E-state index contributed by atoms with van der Waals surface area (Å²) in [7, 11) is 0. The maximum atomic E-state index is 12.5. The lowest BCUT2D eigenvalue weighted by molar-refractivity contribution is 0.0952. The third-order valence-electron chi connectivity index (χ3n) is 7.00. The van der Waals surface area contributed by atoms with E-state index in [1.54, 1.807) is 5.56 Å². The maximum absolute atomic E-state index is 12.5. The molecule has 0 unspecified atom stereocenters. The molecule has 0 atom stereocenters. The van der Waals surface area contributed by atoms with Gasteiger partial charge in [0.15, 0.2) is 0 Å². The third kappa shape index (κ3) is 4.64. The van der Waals surface area contributed by atoms with Gasteiger partial charge in [0.05, 0.1) is 0 Å². The number of hydrogen-bond donors (Lipinski definition) is 1. The Morgan fingerprint density at radius 3 is 2.41 bits per heavy atom. The predicted octanol–water partition coefficient (Wildman–Crippen LogP) is 5.90. The zero-order valence-electron chi connectivity index (χ0n) is 20.0. The Balaban J connectivity index is 1.09. The largest absolute Gasteiger partial charge is 0.352 e. The van der Waals surface area contributed by atoms with Crippen molar-refractivity contribution < 1.29 is 4.79 Å². The van der Waals surface area contributed by atoms with Crippen LogP contribution < -0.4 is 5.32 Å². The van der Waals surface area contributed by atoms with E-state index in [9.17, 15) is 4.79 Å². The zero-order chi connectivity index (χ0) is 23.3. The Morgan fingerprint density at radius 2 is 1.62 bits per heavy atom. The summed E-state index contributed by atoms with van der Waals surface area (Å²) in [5.74, 6) is 0.00897. The molecule has 0 aliphatic carbocycles. The van der Waals surface area contributed by atoms with Gasteiger partial charge in [-0.2, -0.15) is 0 Å². The quantitative estimate of drug-likeness (QED) is 0.339. The lowest BCUT2D eigenvalue weighted by atomic mass is 10.0. The first-order valence-corrected chi connectivity index (χ1v) is 12.5. The highest BCUT2D eigenvalue weighted by atomic mass is 16.1. The minimum absolute atomic E-state index is 0.00897. The molecule has 4 aromatic rings. The minimum Gasteiger partial charge on any atom is -0.352 e. The molecule has 0 fully saturated rings. The van der Waals surface area contributed by atoms with E-state index in [2.05, 4.69) is 58.1 Å². The Kier molecular flexibility index (Phi) is 6.77. The molecule has 0 saturated heterocycles. The minimum atomic E-state index is 0.00897. The number of nitrogens with zero attached hydrogens (tertiary/aromatic N) is 2. The van der Waals surface area contributed by atoms with E-state index >= 15 is 0 Å². The Morgan fingerprint density at radius 1 is 0.882 bits per heavy atom. The lowest BCUT2D eigenvalue weighted by Gasteiger charge is -2.28. The Labute approximate surface area is 202 Å². The highest BCUT2D eigenvalue weighted by Crippen LogP contribution is 2.30.